The molecular weight excluding hydrogens is 390 g/mol. The van der Waals surface area contributed by atoms with E-state index in [0.29, 0.717) is 30.0 Å². The standard InChI is InChI=1S/C25H33N3O3/c1-20-12-13-22(26-25(30)21-9-5-3-6-10-21)23(19-20)31-18-8-4-7-11-24(29)28-16-14-27(2)15-17-28/h3,5-6,9-10,12-13,19H,4,7-8,11,14-18H2,1-2H3,(H,26,30). The molecule has 2 amide bonds. The molecule has 2 aromatic rings. The number of amides is 2. The van der Waals surface area contributed by atoms with Crippen LogP contribution in [0.3, 0.4) is 0 Å². The van der Waals surface area contributed by atoms with E-state index in [9.17, 15) is 9.59 Å². The molecule has 0 spiro atoms. The third-order valence-electron chi connectivity index (χ3n) is 5.57. The van der Waals surface area contributed by atoms with Crippen LogP contribution in [-0.2, 0) is 4.79 Å². The highest BCUT2D eigenvalue weighted by atomic mass is 16.5. The second kappa shape index (κ2) is 11.5. The molecule has 0 saturated carbocycles. The number of unbranched alkanes of at least 4 members (excludes halogenated alkanes) is 2. The van der Waals surface area contributed by atoms with Crippen molar-refractivity contribution < 1.29 is 14.3 Å². The molecule has 1 aliphatic heterocycles. The van der Waals surface area contributed by atoms with E-state index in [1.807, 2.05) is 48.2 Å². The maximum atomic E-state index is 12.5. The summed E-state index contributed by atoms with van der Waals surface area (Å²) in [7, 11) is 2.09. The van der Waals surface area contributed by atoms with Gasteiger partial charge in [0.2, 0.25) is 5.91 Å². The number of aryl methyl sites for hydroxylation is 1. The van der Waals surface area contributed by atoms with Gasteiger partial charge in [-0.1, -0.05) is 24.3 Å². The van der Waals surface area contributed by atoms with E-state index >= 15 is 0 Å². The Morgan fingerprint density at radius 3 is 2.45 bits per heavy atom. The third-order valence-corrected chi connectivity index (χ3v) is 5.57. The molecular formula is C25H33N3O3. The Morgan fingerprint density at radius 2 is 1.71 bits per heavy atom. The number of hydrogen-bond donors (Lipinski definition) is 1. The molecule has 0 radical (unpaired) electrons. The van der Waals surface area contributed by atoms with Crippen LogP contribution in [-0.4, -0.2) is 61.4 Å². The van der Waals surface area contributed by atoms with E-state index in [0.717, 1.165) is 51.0 Å². The Hall–Kier alpha value is -2.86. The molecule has 166 valence electrons. The normalized spacial score (nSPS) is 14.3. The number of rotatable bonds is 9. The van der Waals surface area contributed by atoms with Crippen molar-refractivity contribution in [3.05, 3.63) is 59.7 Å². The van der Waals surface area contributed by atoms with Crippen molar-refractivity contribution >= 4 is 17.5 Å². The van der Waals surface area contributed by atoms with E-state index in [4.69, 9.17) is 4.74 Å². The molecule has 3 rings (SSSR count). The number of carbonyl (C=O) groups excluding carboxylic acids is 2. The Kier molecular flexibility index (Phi) is 8.47. The summed E-state index contributed by atoms with van der Waals surface area (Å²) in [5.74, 6) is 0.785. The molecule has 6 heteroatoms. The molecule has 0 unspecified atom stereocenters. The van der Waals surface area contributed by atoms with Crippen molar-refractivity contribution in [1.82, 2.24) is 9.80 Å². The predicted molar refractivity (Wildman–Crippen MR) is 124 cm³/mol. The zero-order chi connectivity index (χ0) is 22.1. The topological polar surface area (TPSA) is 61.9 Å². The van der Waals surface area contributed by atoms with Crippen LogP contribution in [0.25, 0.3) is 0 Å². The lowest BCUT2D eigenvalue weighted by atomic mass is 10.1. The molecule has 1 saturated heterocycles. The first-order chi connectivity index (χ1) is 15.0. The number of hydrogen-bond acceptors (Lipinski definition) is 4. The largest absolute Gasteiger partial charge is 0.491 e. The van der Waals surface area contributed by atoms with Crippen LogP contribution in [0.1, 0.15) is 41.6 Å². The minimum absolute atomic E-state index is 0.156. The smallest absolute Gasteiger partial charge is 0.255 e. The molecule has 1 aliphatic rings. The maximum absolute atomic E-state index is 12.5. The van der Waals surface area contributed by atoms with Gasteiger partial charge in [0, 0.05) is 38.2 Å². The van der Waals surface area contributed by atoms with E-state index in [1.165, 1.54) is 0 Å². The zero-order valence-electron chi connectivity index (χ0n) is 18.6. The van der Waals surface area contributed by atoms with Gasteiger partial charge in [-0.3, -0.25) is 9.59 Å². The summed E-state index contributed by atoms with van der Waals surface area (Å²) in [5, 5.41) is 2.94. The van der Waals surface area contributed by atoms with Gasteiger partial charge >= 0.3 is 0 Å². The van der Waals surface area contributed by atoms with Crippen molar-refractivity contribution in [3.63, 3.8) is 0 Å². The number of carbonyl (C=O) groups is 2. The summed E-state index contributed by atoms with van der Waals surface area (Å²) >= 11 is 0. The first-order valence-electron chi connectivity index (χ1n) is 11.1. The van der Waals surface area contributed by atoms with E-state index in [1.54, 1.807) is 12.1 Å². The number of nitrogens with zero attached hydrogens (tertiary/aromatic N) is 2. The highest BCUT2D eigenvalue weighted by Crippen LogP contribution is 2.26. The van der Waals surface area contributed by atoms with Crippen molar-refractivity contribution in [1.29, 1.82) is 0 Å². The van der Waals surface area contributed by atoms with Gasteiger partial charge < -0.3 is 19.9 Å². The summed E-state index contributed by atoms with van der Waals surface area (Å²) in [6.45, 7) is 6.14. The fraction of sp³-hybridized carbons (Fsp3) is 0.440. The van der Waals surface area contributed by atoms with Crippen molar-refractivity contribution in [2.24, 2.45) is 0 Å². The molecule has 0 aromatic heterocycles. The van der Waals surface area contributed by atoms with Gasteiger partial charge in [0.15, 0.2) is 0 Å². The fourth-order valence-corrected chi connectivity index (χ4v) is 3.59. The molecule has 1 N–H and O–H groups in total. The van der Waals surface area contributed by atoms with Gasteiger partial charge in [-0.15, -0.1) is 0 Å². The highest BCUT2D eigenvalue weighted by Gasteiger charge is 2.18. The quantitative estimate of drug-likeness (QED) is 0.620. The van der Waals surface area contributed by atoms with E-state index in [2.05, 4.69) is 17.3 Å². The van der Waals surface area contributed by atoms with Gasteiger partial charge in [0.25, 0.3) is 5.91 Å². The maximum Gasteiger partial charge on any atom is 0.255 e. The van der Waals surface area contributed by atoms with Crippen LogP contribution >= 0.6 is 0 Å². The van der Waals surface area contributed by atoms with Gasteiger partial charge in [-0.25, -0.2) is 0 Å². The van der Waals surface area contributed by atoms with Gasteiger partial charge in [-0.2, -0.15) is 0 Å². The Balaban J connectivity index is 1.41. The average molecular weight is 424 g/mol. The molecule has 2 aromatic carbocycles. The summed E-state index contributed by atoms with van der Waals surface area (Å²) in [6, 6.07) is 14.9. The Bertz CT molecular complexity index is 862. The van der Waals surface area contributed by atoms with E-state index < -0.39 is 0 Å². The lowest BCUT2D eigenvalue weighted by Crippen LogP contribution is -2.47. The molecule has 6 nitrogen and oxygen atoms in total. The molecule has 1 fully saturated rings. The molecule has 0 bridgehead atoms. The van der Waals surface area contributed by atoms with Crippen molar-refractivity contribution in [2.75, 3.05) is 45.2 Å². The average Bonchev–Trinajstić information content (AvgIpc) is 2.78. The number of benzene rings is 2. The van der Waals surface area contributed by atoms with Crippen LogP contribution in [0.15, 0.2) is 48.5 Å². The van der Waals surface area contributed by atoms with Crippen LogP contribution in [0.4, 0.5) is 5.69 Å². The minimum atomic E-state index is -0.156. The SMILES string of the molecule is Cc1ccc(NC(=O)c2ccccc2)c(OCCCCCC(=O)N2CCN(C)CC2)c1. The first kappa shape index (κ1) is 22.8. The minimum Gasteiger partial charge on any atom is -0.491 e. The van der Waals surface area contributed by atoms with E-state index in [-0.39, 0.29) is 11.8 Å². The van der Waals surface area contributed by atoms with Crippen LogP contribution in [0.5, 0.6) is 5.75 Å². The lowest BCUT2D eigenvalue weighted by molar-refractivity contribution is -0.132. The summed E-state index contributed by atoms with van der Waals surface area (Å²) in [4.78, 5) is 29.0. The van der Waals surface area contributed by atoms with Crippen molar-refractivity contribution in [2.45, 2.75) is 32.6 Å². The number of ether oxygens (including phenoxy) is 1. The zero-order valence-corrected chi connectivity index (χ0v) is 18.6. The van der Waals surface area contributed by atoms with Crippen LogP contribution in [0, 0.1) is 6.92 Å². The highest BCUT2D eigenvalue weighted by molar-refractivity contribution is 6.05. The predicted octanol–water partition coefficient (Wildman–Crippen LogP) is 3.96. The second-order valence-electron chi connectivity index (χ2n) is 8.16. The number of anilines is 1. The van der Waals surface area contributed by atoms with Gasteiger partial charge in [-0.05, 0) is 63.1 Å². The molecule has 31 heavy (non-hydrogen) atoms. The van der Waals surface area contributed by atoms with Crippen molar-refractivity contribution in [3.8, 4) is 5.75 Å². The van der Waals surface area contributed by atoms with Gasteiger partial charge in [0.1, 0.15) is 5.75 Å². The Morgan fingerprint density at radius 1 is 0.968 bits per heavy atom. The Labute approximate surface area is 185 Å². The number of nitrogens with one attached hydrogen (secondary N) is 1. The monoisotopic (exact) mass is 423 g/mol. The number of likely N-dealkylation sites (N-methyl/N-ethyl adjacent to an activating group) is 1. The third kappa shape index (κ3) is 7.10. The molecule has 1 heterocycles. The molecule has 0 aliphatic carbocycles. The van der Waals surface area contributed by atoms with Gasteiger partial charge in [0.05, 0.1) is 12.3 Å². The lowest BCUT2D eigenvalue weighted by Gasteiger charge is -2.32. The number of piperazine rings is 1. The fourth-order valence-electron chi connectivity index (χ4n) is 3.59. The summed E-state index contributed by atoms with van der Waals surface area (Å²) < 4.78 is 5.97. The second-order valence-corrected chi connectivity index (χ2v) is 8.16. The summed E-state index contributed by atoms with van der Waals surface area (Å²) in [6.07, 6.45) is 3.29. The first-order valence-corrected chi connectivity index (χ1v) is 11.1. The molecule has 0 atom stereocenters. The van der Waals surface area contributed by atoms with Crippen LogP contribution < -0.4 is 10.1 Å². The summed E-state index contributed by atoms with van der Waals surface area (Å²) in [5.41, 5.74) is 2.36. The van der Waals surface area contributed by atoms with Crippen LogP contribution in [0.2, 0.25) is 0 Å².